The van der Waals surface area contributed by atoms with Gasteiger partial charge in [0.25, 0.3) is 5.91 Å². The Bertz CT molecular complexity index is 905. The lowest BCUT2D eigenvalue weighted by molar-refractivity contribution is -0.117. The Morgan fingerprint density at radius 2 is 1.92 bits per heavy atom. The predicted molar refractivity (Wildman–Crippen MR) is 101 cm³/mol. The summed E-state index contributed by atoms with van der Waals surface area (Å²) in [4.78, 5) is 12.3. The Kier molecular flexibility index (Phi) is 6.36. The highest BCUT2D eigenvalue weighted by Crippen LogP contribution is 2.18. The van der Waals surface area contributed by atoms with E-state index in [0.29, 0.717) is 12.1 Å². The van der Waals surface area contributed by atoms with Gasteiger partial charge in [-0.2, -0.15) is 10.5 Å². The monoisotopic (exact) mass is 346 g/mol. The van der Waals surface area contributed by atoms with Gasteiger partial charge in [-0.25, -0.2) is 0 Å². The second-order valence-corrected chi connectivity index (χ2v) is 6.14. The quantitative estimate of drug-likeness (QED) is 0.641. The molecule has 0 bridgehead atoms. The number of rotatable bonds is 6. The van der Waals surface area contributed by atoms with Crippen molar-refractivity contribution in [2.75, 3.05) is 0 Å². The molecule has 0 aliphatic heterocycles. The number of hydrogen-bond acceptors (Lipinski definition) is 3. The van der Waals surface area contributed by atoms with Crippen LogP contribution in [0.5, 0.6) is 0 Å². The molecule has 1 aromatic carbocycles. The van der Waals surface area contributed by atoms with E-state index in [1.54, 1.807) is 30.3 Å². The summed E-state index contributed by atoms with van der Waals surface area (Å²) in [6, 6.07) is 13.0. The van der Waals surface area contributed by atoms with Crippen LogP contribution >= 0.6 is 0 Å². The van der Waals surface area contributed by atoms with Gasteiger partial charge < -0.3 is 9.88 Å². The van der Waals surface area contributed by atoms with Crippen molar-refractivity contribution in [3.8, 4) is 12.1 Å². The van der Waals surface area contributed by atoms with Gasteiger partial charge in [-0.1, -0.05) is 19.1 Å². The Morgan fingerprint density at radius 3 is 2.50 bits per heavy atom. The molecule has 1 N–H and O–H groups in total. The fraction of sp³-hybridized carbons (Fsp3) is 0.286. The Balaban J connectivity index is 2.13. The molecule has 1 amide bonds. The van der Waals surface area contributed by atoms with E-state index in [1.807, 2.05) is 26.0 Å². The third kappa shape index (κ3) is 4.40. The number of hydrogen-bond donors (Lipinski definition) is 1. The molecule has 0 spiro atoms. The fourth-order valence-corrected chi connectivity index (χ4v) is 2.82. The molecular weight excluding hydrogens is 324 g/mol. The van der Waals surface area contributed by atoms with Crippen LogP contribution in [-0.2, 0) is 17.9 Å². The van der Waals surface area contributed by atoms with Crippen molar-refractivity contribution < 1.29 is 4.79 Å². The maximum absolute atomic E-state index is 12.3. The van der Waals surface area contributed by atoms with Crippen LogP contribution in [0.2, 0.25) is 0 Å². The van der Waals surface area contributed by atoms with Gasteiger partial charge in [0.05, 0.1) is 11.6 Å². The van der Waals surface area contributed by atoms with Crippen molar-refractivity contribution >= 4 is 12.0 Å². The van der Waals surface area contributed by atoms with Crippen molar-refractivity contribution in [2.24, 2.45) is 0 Å². The van der Waals surface area contributed by atoms with Gasteiger partial charge in [-0.15, -0.1) is 0 Å². The molecule has 1 heterocycles. The summed E-state index contributed by atoms with van der Waals surface area (Å²) < 4.78 is 2.19. The lowest BCUT2D eigenvalue weighted by Crippen LogP contribution is -2.23. The van der Waals surface area contributed by atoms with E-state index in [1.165, 1.54) is 0 Å². The number of amides is 1. The first kappa shape index (κ1) is 19.0. The van der Waals surface area contributed by atoms with E-state index < -0.39 is 5.91 Å². The summed E-state index contributed by atoms with van der Waals surface area (Å²) in [5, 5.41) is 20.9. The zero-order valence-corrected chi connectivity index (χ0v) is 15.3. The maximum atomic E-state index is 12.3. The van der Waals surface area contributed by atoms with Gasteiger partial charge in [0, 0.05) is 24.5 Å². The van der Waals surface area contributed by atoms with E-state index in [9.17, 15) is 10.1 Å². The van der Waals surface area contributed by atoms with Crippen LogP contribution in [-0.4, -0.2) is 10.5 Å². The number of carbonyl (C=O) groups excluding carboxylic acids is 1. The largest absolute Gasteiger partial charge is 0.349 e. The average molecular weight is 346 g/mol. The highest BCUT2D eigenvalue weighted by Gasteiger charge is 2.12. The first-order valence-electron chi connectivity index (χ1n) is 8.56. The summed E-state index contributed by atoms with van der Waals surface area (Å²) in [5.74, 6) is -0.405. The third-order valence-corrected chi connectivity index (χ3v) is 4.26. The molecule has 0 aliphatic rings. The van der Waals surface area contributed by atoms with E-state index in [2.05, 4.69) is 22.9 Å². The standard InChI is InChI=1S/C21H22N4O/c1-4-9-25-15(2)10-19(16(25)3)11-20(13-23)21(26)24-14-18-7-5-17(12-22)6-8-18/h5-8,10-11H,4,9,14H2,1-3H3,(H,24,26)/b20-11+. The van der Waals surface area contributed by atoms with E-state index in [4.69, 9.17) is 5.26 Å². The van der Waals surface area contributed by atoms with E-state index in [-0.39, 0.29) is 5.57 Å². The number of carbonyl (C=O) groups is 1. The van der Waals surface area contributed by atoms with Crippen molar-refractivity contribution in [2.45, 2.75) is 40.3 Å². The van der Waals surface area contributed by atoms with Crippen LogP contribution in [0.15, 0.2) is 35.9 Å². The zero-order chi connectivity index (χ0) is 19.1. The van der Waals surface area contributed by atoms with Crippen LogP contribution in [0, 0.1) is 36.5 Å². The minimum Gasteiger partial charge on any atom is -0.349 e. The van der Waals surface area contributed by atoms with Gasteiger partial charge in [-0.3, -0.25) is 4.79 Å². The summed E-state index contributed by atoms with van der Waals surface area (Å²) in [6.45, 7) is 7.36. The van der Waals surface area contributed by atoms with Crippen LogP contribution < -0.4 is 5.32 Å². The summed E-state index contributed by atoms with van der Waals surface area (Å²) in [7, 11) is 0. The summed E-state index contributed by atoms with van der Waals surface area (Å²) >= 11 is 0. The molecule has 5 nitrogen and oxygen atoms in total. The molecule has 0 unspecified atom stereocenters. The average Bonchev–Trinajstić information content (AvgIpc) is 2.92. The van der Waals surface area contributed by atoms with E-state index in [0.717, 1.165) is 35.5 Å². The molecule has 0 fully saturated rings. The highest BCUT2D eigenvalue weighted by molar-refractivity contribution is 6.01. The van der Waals surface area contributed by atoms with Crippen molar-refractivity contribution in [3.05, 3.63) is 64.0 Å². The third-order valence-electron chi connectivity index (χ3n) is 4.26. The fourth-order valence-electron chi connectivity index (χ4n) is 2.82. The molecule has 26 heavy (non-hydrogen) atoms. The number of nitrogens with zero attached hydrogens (tertiary/aromatic N) is 3. The molecule has 0 atom stereocenters. The molecule has 2 rings (SSSR count). The summed E-state index contributed by atoms with van der Waals surface area (Å²) in [6.07, 6.45) is 2.66. The van der Waals surface area contributed by atoms with Crippen LogP contribution in [0.1, 0.15) is 41.4 Å². The minimum absolute atomic E-state index is 0.0791. The normalized spacial score (nSPS) is 10.9. The molecule has 0 saturated carbocycles. The van der Waals surface area contributed by atoms with Gasteiger partial charge in [0.15, 0.2) is 0 Å². The second-order valence-electron chi connectivity index (χ2n) is 6.14. The SMILES string of the molecule is CCCn1c(C)cc(/C=C(\C#N)C(=O)NCc2ccc(C#N)cc2)c1C. The zero-order valence-electron chi connectivity index (χ0n) is 15.3. The Morgan fingerprint density at radius 1 is 1.23 bits per heavy atom. The molecule has 5 heteroatoms. The van der Waals surface area contributed by atoms with Gasteiger partial charge >= 0.3 is 0 Å². The topological polar surface area (TPSA) is 81.6 Å². The van der Waals surface area contributed by atoms with Crippen LogP contribution in [0.25, 0.3) is 6.08 Å². The highest BCUT2D eigenvalue weighted by atomic mass is 16.1. The first-order chi connectivity index (χ1) is 12.5. The molecular formula is C21H22N4O. The Hall–Kier alpha value is -3.31. The lowest BCUT2D eigenvalue weighted by atomic mass is 10.1. The smallest absolute Gasteiger partial charge is 0.262 e. The van der Waals surface area contributed by atoms with E-state index >= 15 is 0 Å². The van der Waals surface area contributed by atoms with Crippen LogP contribution in [0.4, 0.5) is 0 Å². The van der Waals surface area contributed by atoms with Crippen LogP contribution in [0.3, 0.4) is 0 Å². The number of aromatic nitrogens is 1. The van der Waals surface area contributed by atoms with Gasteiger partial charge in [0.1, 0.15) is 11.6 Å². The molecule has 132 valence electrons. The number of aryl methyl sites for hydroxylation is 1. The minimum atomic E-state index is -0.405. The molecule has 2 aromatic rings. The maximum Gasteiger partial charge on any atom is 0.262 e. The molecule has 0 radical (unpaired) electrons. The lowest BCUT2D eigenvalue weighted by Gasteiger charge is -2.07. The molecule has 1 aromatic heterocycles. The second kappa shape index (κ2) is 8.69. The summed E-state index contributed by atoms with van der Waals surface area (Å²) in [5.41, 5.74) is 4.58. The molecule has 0 aliphatic carbocycles. The number of benzene rings is 1. The molecule has 0 saturated heterocycles. The van der Waals surface area contributed by atoms with Crippen molar-refractivity contribution in [1.82, 2.24) is 9.88 Å². The number of nitriles is 2. The predicted octanol–water partition coefficient (Wildman–Crippen LogP) is 3.61. The first-order valence-corrected chi connectivity index (χ1v) is 8.56. The van der Waals surface area contributed by atoms with Gasteiger partial charge in [-0.05, 0) is 55.7 Å². The van der Waals surface area contributed by atoms with Crippen molar-refractivity contribution in [1.29, 1.82) is 10.5 Å². The van der Waals surface area contributed by atoms with Gasteiger partial charge in [0.2, 0.25) is 0 Å². The number of nitrogens with one attached hydrogen (secondary N) is 1. The van der Waals surface area contributed by atoms with Crippen molar-refractivity contribution in [3.63, 3.8) is 0 Å². The Labute approximate surface area is 154 Å².